The largest absolute Gasteiger partial charge is 0.497 e. The quantitative estimate of drug-likeness (QED) is 0.866. The number of allylic oxidation sites excluding steroid dienone is 1. The number of hydrogen-bond acceptors (Lipinski definition) is 2. The van der Waals surface area contributed by atoms with Crippen LogP contribution in [0.4, 0.5) is 10.1 Å². The zero-order valence-electron chi connectivity index (χ0n) is 11.9. The molecule has 0 atom stereocenters. The maximum atomic E-state index is 13.4. The summed E-state index contributed by atoms with van der Waals surface area (Å²) in [5, 5.41) is 2.52. The maximum Gasteiger partial charge on any atom is 0.248 e. The molecular weight excluding hydrogens is 269 g/mol. The number of anilines is 1. The predicted octanol–water partition coefficient (Wildman–Crippen LogP) is 3.88. The number of carbonyl (C=O) groups excluding carboxylic acids is 1. The number of hydrogen-bond donors (Lipinski definition) is 1. The molecule has 0 saturated carbocycles. The molecule has 2 rings (SSSR count). The number of ether oxygens (including phenoxy) is 1. The third kappa shape index (κ3) is 3.92. The van der Waals surface area contributed by atoms with Crippen molar-refractivity contribution in [2.45, 2.75) is 6.92 Å². The fraction of sp³-hybridized carbons (Fsp3) is 0.118. The highest BCUT2D eigenvalue weighted by atomic mass is 19.1. The lowest BCUT2D eigenvalue weighted by molar-refractivity contribution is -0.111. The molecule has 0 heterocycles. The Morgan fingerprint density at radius 1 is 1.14 bits per heavy atom. The summed E-state index contributed by atoms with van der Waals surface area (Å²) in [6, 6.07) is 13.4. The van der Waals surface area contributed by atoms with Crippen LogP contribution in [0.25, 0.3) is 5.57 Å². The first-order valence-corrected chi connectivity index (χ1v) is 6.48. The van der Waals surface area contributed by atoms with Gasteiger partial charge >= 0.3 is 0 Å². The summed E-state index contributed by atoms with van der Waals surface area (Å²) in [4.78, 5) is 11.9. The van der Waals surface area contributed by atoms with Gasteiger partial charge in [-0.15, -0.1) is 0 Å². The molecular formula is C17H16FNO2. The summed E-state index contributed by atoms with van der Waals surface area (Å²) < 4.78 is 18.5. The Morgan fingerprint density at radius 3 is 2.43 bits per heavy atom. The van der Waals surface area contributed by atoms with E-state index in [1.807, 2.05) is 31.2 Å². The van der Waals surface area contributed by atoms with Crippen LogP contribution >= 0.6 is 0 Å². The van der Waals surface area contributed by atoms with Gasteiger partial charge in [-0.3, -0.25) is 4.79 Å². The molecule has 0 radical (unpaired) electrons. The van der Waals surface area contributed by atoms with Gasteiger partial charge in [-0.1, -0.05) is 24.3 Å². The highest BCUT2D eigenvalue weighted by Gasteiger charge is 2.05. The van der Waals surface area contributed by atoms with Crippen LogP contribution in [0.2, 0.25) is 0 Å². The predicted molar refractivity (Wildman–Crippen MR) is 81.7 cm³/mol. The minimum atomic E-state index is -0.457. The zero-order chi connectivity index (χ0) is 15.2. The first-order valence-electron chi connectivity index (χ1n) is 6.48. The highest BCUT2D eigenvalue weighted by Crippen LogP contribution is 2.18. The molecule has 0 unspecified atom stereocenters. The Balaban J connectivity index is 2.10. The number of halogens is 1. The summed E-state index contributed by atoms with van der Waals surface area (Å²) >= 11 is 0. The average molecular weight is 285 g/mol. The van der Waals surface area contributed by atoms with E-state index in [0.29, 0.717) is 0 Å². The Labute approximate surface area is 123 Å². The van der Waals surface area contributed by atoms with E-state index in [1.165, 1.54) is 18.2 Å². The van der Waals surface area contributed by atoms with Gasteiger partial charge in [-0.05, 0) is 42.3 Å². The van der Waals surface area contributed by atoms with Gasteiger partial charge in [0.05, 0.1) is 12.8 Å². The van der Waals surface area contributed by atoms with Crippen molar-refractivity contribution in [3.8, 4) is 5.75 Å². The first-order chi connectivity index (χ1) is 10.1. The topological polar surface area (TPSA) is 38.3 Å². The van der Waals surface area contributed by atoms with Gasteiger partial charge in [0.25, 0.3) is 0 Å². The highest BCUT2D eigenvalue weighted by molar-refractivity contribution is 6.03. The normalized spacial score (nSPS) is 11.1. The van der Waals surface area contributed by atoms with Crippen molar-refractivity contribution in [2.24, 2.45) is 0 Å². The molecule has 0 bridgehead atoms. The van der Waals surface area contributed by atoms with Crippen molar-refractivity contribution >= 4 is 17.2 Å². The van der Waals surface area contributed by atoms with Crippen LogP contribution in [0.1, 0.15) is 12.5 Å². The maximum absolute atomic E-state index is 13.4. The van der Waals surface area contributed by atoms with Gasteiger partial charge in [0, 0.05) is 6.08 Å². The van der Waals surface area contributed by atoms with E-state index in [4.69, 9.17) is 4.74 Å². The van der Waals surface area contributed by atoms with Crippen LogP contribution in [-0.2, 0) is 4.79 Å². The van der Waals surface area contributed by atoms with Crippen LogP contribution in [0, 0.1) is 5.82 Å². The lowest BCUT2D eigenvalue weighted by Crippen LogP contribution is -2.09. The SMILES string of the molecule is COc1ccc(/C(C)=C/C(=O)Nc2ccccc2F)cc1. The fourth-order valence-electron chi connectivity index (χ4n) is 1.87. The zero-order valence-corrected chi connectivity index (χ0v) is 11.9. The van der Waals surface area contributed by atoms with Gasteiger partial charge in [0.2, 0.25) is 5.91 Å². The molecule has 1 N–H and O–H groups in total. The Bertz CT molecular complexity index is 663. The molecule has 3 nitrogen and oxygen atoms in total. The smallest absolute Gasteiger partial charge is 0.248 e. The number of benzene rings is 2. The molecule has 1 amide bonds. The summed E-state index contributed by atoms with van der Waals surface area (Å²) in [5.74, 6) is -0.0721. The lowest BCUT2D eigenvalue weighted by Gasteiger charge is -2.06. The van der Waals surface area contributed by atoms with Crippen LogP contribution in [0.5, 0.6) is 5.75 Å². The molecule has 0 aliphatic rings. The summed E-state index contributed by atoms with van der Waals surface area (Å²) in [6.45, 7) is 1.82. The van der Waals surface area contributed by atoms with Gasteiger partial charge in [-0.2, -0.15) is 0 Å². The van der Waals surface area contributed by atoms with Crippen LogP contribution < -0.4 is 10.1 Å². The molecule has 4 heteroatoms. The summed E-state index contributed by atoms with van der Waals surface area (Å²) in [7, 11) is 1.60. The van der Waals surface area contributed by atoms with Crippen molar-refractivity contribution in [1.29, 1.82) is 0 Å². The second-order valence-corrected chi connectivity index (χ2v) is 4.52. The second-order valence-electron chi connectivity index (χ2n) is 4.52. The van der Waals surface area contributed by atoms with Crippen molar-refractivity contribution in [1.82, 2.24) is 0 Å². The van der Waals surface area contributed by atoms with Crippen molar-refractivity contribution in [3.05, 3.63) is 66.0 Å². The van der Waals surface area contributed by atoms with Crippen LogP contribution in [-0.4, -0.2) is 13.0 Å². The van der Waals surface area contributed by atoms with Crippen LogP contribution in [0.15, 0.2) is 54.6 Å². The standard InChI is InChI=1S/C17H16FNO2/c1-12(13-7-9-14(21-2)10-8-13)11-17(20)19-16-6-4-3-5-15(16)18/h3-11H,1-2H3,(H,19,20)/b12-11+. The second kappa shape index (κ2) is 6.70. The minimum absolute atomic E-state index is 0.168. The average Bonchev–Trinajstić information content (AvgIpc) is 2.49. The van der Waals surface area contributed by atoms with E-state index in [9.17, 15) is 9.18 Å². The number of methoxy groups -OCH3 is 1. The van der Waals surface area contributed by atoms with Crippen LogP contribution in [0.3, 0.4) is 0 Å². The lowest BCUT2D eigenvalue weighted by atomic mass is 10.1. The van der Waals surface area contributed by atoms with E-state index in [1.54, 1.807) is 19.2 Å². The van der Waals surface area contributed by atoms with Gasteiger partial charge in [-0.25, -0.2) is 4.39 Å². The third-order valence-electron chi connectivity index (χ3n) is 3.02. The summed E-state index contributed by atoms with van der Waals surface area (Å²) in [5.41, 5.74) is 1.85. The number of amides is 1. The Morgan fingerprint density at radius 2 is 1.81 bits per heavy atom. The molecule has 2 aromatic carbocycles. The molecule has 0 saturated heterocycles. The molecule has 0 aliphatic heterocycles. The van der Waals surface area contributed by atoms with Gasteiger partial charge < -0.3 is 10.1 Å². The number of carbonyl (C=O) groups is 1. The third-order valence-corrected chi connectivity index (χ3v) is 3.02. The van der Waals surface area contributed by atoms with Crippen molar-refractivity contribution in [2.75, 3.05) is 12.4 Å². The molecule has 0 fully saturated rings. The van der Waals surface area contributed by atoms with E-state index in [-0.39, 0.29) is 11.6 Å². The number of rotatable bonds is 4. The molecule has 0 spiro atoms. The number of nitrogens with one attached hydrogen (secondary N) is 1. The molecule has 0 aliphatic carbocycles. The fourth-order valence-corrected chi connectivity index (χ4v) is 1.87. The number of para-hydroxylation sites is 1. The van der Waals surface area contributed by atoms with E-state index in [0.717, 1.165) is 16.9 Å². The Kier molecular flexibility index (Phi) is 4.72. The summed E-state index contributed by atoms with van der Waals surface area (Å²) in [6.07, 6.45) is 1.44. The molecule has 0 aromatic heterocycles. The molecule has 2 aromatic rings. The van der Waals surface area contributed by atoms with Gasteiger partial charge in [0.1, 0.15) is 11.6 Å². The first kappa shape index (κ1) is 14.8. The minimum Gasteiger partial charge on any atom is -0.497 e. The van der Waals surface area contributed by atoms with Crippen molar-refractivity contribution < 1.29 is 13.9 Å². The van der Waals surface area contributed by atoms with Crippen molar-refractivity contribution in [3.63, 3.8) is 0 Å². The van der Waals surface area contributed by atoms with E-state index >= 15 is 0 Å². The molecule has 108 valence electrons. The van der Waals surface area contributed by atoms with E-state index in [2.05, 4.69) is 5.32 Å². The van der Waals surface area contributed by atoms with Gasteiger partial charge in [0.15, 0.2) is 0 Å². The molecule has 21 heavy (non-hydrogen) atoms. The Hall–Kier alpha value is -2.62. The van der Waals surface area contributed by atoms with E-state index < -0.39 is 5.82 Å². The monoisotopic (exact) mass is 285 g/mol.